The fourth-order valence-corrected chi connectivity index (χ4v) is 2.74. The molecular formula is C18H27BO6. The zero-order valence-electron chi connectivity index (χ0n) is 15.7. The van der Waals surface area contributed by atoms with Gasteiger partial charge in [-0.15, -0.1) is 0 Å². The summed E-state index contributed by atoms with van der Waals surface area (Å²) in [7, 11) is 1.19. The van der Waals surface area contributed by atoms with Crippen molar-refractivity contribution in [1.29, 1.82) is 0 Å². The third kappa shape index (κ3) is 3.95. The van der Waals surface area contributed by atoms with Crippen molar-refractivity contribution in [3.8, 4) is 11.5 Å². The summed E-state index contributed by atoms with van der Waals surface area (Å²) in [5, 5.41) is 0. The Kier molecular flexibility index (Phi) is 5.30. The molecular weight excluding hydrogens is 323 g/mol. The van der Waals surface area contributed by atoms with Crippen LogP contribution in [0.3, 0.4) is 0 Å². The smallest absolute Gasteiger partial charge is 0.493 e. The maximum absolute atomic E-state index is 6.09. The molecule has 0 aromatic heterocycles. The lowest BCUT2D eigenvalue weighted by atomic mass is 9.79. The Labute approximate surface area is 149 Å². The van der Waals surface area contributed by atoms with Crippen LogP contribution in [0.1, 0.15) is 27.7 Å². The van der Waals surface area contributed by atoms with E-state index in [9.17, 15) is 0 Å². The number of methoxy groups -OCH3 is 1. The van der Waals surface area contributed by atoms with Gasteiger partial charge in [-0.2, -0.15) is 0 Å². The molecule has 0 radical (unpaired) electrons. The minimum atomic E-state index is -0.428. The molecule has 2 heterocycles. The summed E-state index contributed by atoms with van der Waals surface area (Å²) in [5.41, 5.74) is 0.150. The van der Waals surface area contributed by atoms with E-state index in [1.807, 2.05) is 45.9 Å². The van der Waals surface area contributed by atoms with Crippen LogP contribution in [0, 0.1) is 0 Å². The van der Waals surface area contributed by atoms with Gasteiger partial charge in [0.25, 0.3) is 0 Å². The van der Waals surface area contributed by atoms with Crippen LogP contribution in [-0.2, 0) is 18.8 Å². The quantitative estimate of drug-likeness (QED) is 0.755. The van der Waals surface area contributed by atoms with Crippen molar-refractivity contribution < 1.29 is 28.3 Å². The fourth-order valence-electron chi connectivity index (χ4n) is 2.74. The average molecular weight is 350 g/mol. The number of rotatable bonds is 5. The highest BCUT2D eigenvalue weighted by Crippen LogP contribution is 2.37. The first kappa shape index (κ1) is 18.5. The molecule has 2 saturated heterocycles. The lowest BCUT2D eigenvalue weighted by Crippen LogP contribution is -2.41. The zero-order valence-corrected chi connectivity index (χ0v) is 15.7. The Balaban J connectivity index is 1.69. The van der Waals surface area contributed by atoms with Gasteiger partial charge < -0.3 is 28.3 Å². The van der Waals surface area contributed by atoms with Gasteiger partial charge in [0.15, 0.2) is 11.5 Å². The maximum atomic E-state index is 6.09. The lowest BCUT2D eigenvalue weighted by Gasteiger charge is -2.32. The molecule has 2 aliphatic rings. The fraction of sp³-hybridized carbons (Fsp3) is 0.667. The first-order valence-electron chi connectivity index (χ1n) is 8.68. The predicted octanol–water partition coefficient (Wildman–Crippen LogP) is 1.79. The summed E-state index contributed by atoms with van der Waals surface area (Å²) in [6.45, 7) is 10.4. The summed E-state index contributed by atoms with van der Waals surface area (Å²) >= 11 is 0. The van der Waals surface area contributed by atoms with E-state index < -0.39 is 7.12 Å². The zero-order chi connectivity index (χ0) is 18.1. The molecule has 7 heteroatoms. The van der Waals surface area contributed by atoms with Crippen LogP contribution >= 0.6 is 0 Å². The molecule has 1 aromatic rings. The topological polar surface area (TPSA) is 55.4 Å². The molecule has 6 nitrogen and oxygen atoms in total. The summed E-state index contributed by atoms with van der Waals surface area (Å²) in [6, 6.07) is 5.72. The van der Waals surface area contributed by atoms with Crippen LogP contribution in [-0.4, -0.2) is 58.0 Å². The number of hydrogen-bond acceptors (Lipinski definition) is 6. The van der Waals surface area contributed by atoms with Gasteiger partial charge in [-0.1, -0.05) is 6.07 Å². The van der Waals surface area contributed by atoms with Gasteiger partial charge in [-0.25, -0.2) is 0 Å². The van der Waals surface area contributed by atoms with E-state index in [2.05, 4.69) is 0 Å². The molecule has 0 amide bonds. The van der Waals surface area contributed by atoms with Gasteiger partial charge in [0.1, 0.15) is 12.7 Å². The Morgan fingerprint density at radius 1 is 1.08 bits per heavy atom. The number of ether oxygens (including phenoxy) is 4. The van der Waals surface area contributed by atoms with Gasteiger partial charge in [0, 0.05) is 0 Å². The van der Waals surface area contributed by atoms with E-state index in [1.165, 1.54) is 0 Å². The largest absolute Gasteiger partial charge is 0.494 e. The monoisotopic (exact) mass is 350 g/mol. The van der Waals surface area contributed by atoms with E-state index in [-0.39, 0.29) is 17.3 Å². The lowest BCUT2D eigenvalue weighted by molar-refractivity contribution is -0.101. The highest BCUT2D eigenvalue weighted by molar-refractivity contribution is 6.62. The molecule has 2 aliphatic heterocycles. The molecule has 25 heavy (non-hydrogen) atoms. The van der Waals surface area contributed by atoms with E-state index >= 15 is 0 Å². The number of benzene rings is 1. The highest BCUT2D eigenvalue weighted by atomic mass is 16.7. The first-order chi connectivity index (χ1) is 11.8. The molecule has 2 fully saturated rings. The molecule has 1 atom stereocenters. The third-order valence-electron chi connectivity index (χ3n) is 5.02. The average Bonchev–Trinajstić information content (AvgIpc) is 2.81. The molecule has 0 unspecified atom stereocenters. The molecule has 1 aromatic carbocycles. The molecule has 0 spiro atoms. The van der Waals surface area contributed by atoms with Crippen LogP contribution < -0.4 is 14.9 Å². The maximum Gasteiger partial charge on any atom is 0.494 e. The van der Waals surface area contributed by atoms with E-state index in [4.69, 9.17) is 28.3 Å². The van der Waals surface area contributed by atoms with Crippen molar-refractivity contribution in [2.45, 2.75) is 45.0 Å². The minimum absolute atomic E-state index is 0.0544. The van der Waals surface area contributed by atoms with Crippen molar-refractivity contribution in [3.05, 3.63) is 18.2 Å². The van der Waals surface area contributed by atoms with Crippen molar-refractivity contribution in [3.63, 3.8) is 0 Å². The Bertz CT molecular complexity index is 581. The van der Waals surface area contributed by atoms with Crippen LogP contribution in [0.4, 0.5) is 0 Å². The van der Waals surface area contributed by atoms with E-state index in [0.717, 1.165) is 5.46 Å². The molecule has 0 bridgehead atoms. The van der Waals surface area contributed by atoms with Gasteiger partial charge in [-0.05, 0) is 45.3 Å². The summed E-state index contributed by atoms with van der Waals surface area (Å²) < 4.78 is 34.5. The third-order valence-corrected chi connectivity index (χ3v) is 5.02. The summed E-state index contributed by atoms with van der Waals surface area (Å²) in [5.74, 6) is 1.31. The van der Waals surface area contributed by atoms with Crippen molar-refractivity contribution >= 4 is 12.6 Å². The molecule has 0 saturated carbocycles. The van der Waals surface area contributed by atoms with Crippen LogP contribution in [0.15, 0.2) is 18.2 Å². The molecule has 138 valence electrons. The van der Waals surface area contributed by atoms with Gasteiger partial charge in [0.05, 0.1) is 38.1 Å². The Hall–Kier alpha value is -1.28. The van der Waals surface area contributed by atoms with Crippen LogP contribution in [0.2, 0.25) is 0 Å². The standard InChI is InChI=1S/C18H27BO6/c1-17(2)18(3,4)25-19(24-17)13-6-7-15(16(10-13)20-5)23-12-14-11-21-8-9-22-14/h6-7,10,14H,8-9,11-12H2,1-5H3/t14-/m1/s1. The minimum Gasteiger partial charge on any atom is -0.493 e. The second kappa shape index (κ2) is 7.15. The Morgan fingerprint density at radius 2 is 1.80 bits per heavy atom. The molecule has 3 rings (SSSR count). The van der Waals surface area contributed by atoms with Gasteiger partial charge in [0.2, 0.25) is 0 Å². The molecule has 0 N–H and O–H groups in total. The normalized spacial score (nSPS) is 25.0. The van der Waals surface area contributed by atoms with Gasteiger partial charge >= 0.3 is 7.12 Å². The van der Waals surface area contributed by atoms with E-state index in [0.29, 0.717) is 37.9 Å². The van der Waals surface area contributed by atoms with E-state index in [1.54, 1.807) is 7.11 Å². The Morgan fingerprint density at radius 3 is 2.40 bits per heavy atom. The van der Waals surface area contributed by atoms with Crippen molar-refractivity contribution in [2.75, 3.05) is 33.5 Å². The van der Waals surface area contributed by atoms with Crippen molar-refractivity contribution in [2.24, 2.45) is 0 Å². The SMILES string of the molecule is COc1cc(B2OC(C)(C)C(C)(C)O2)ccc1OC[C@H]1COCCO1. The van der Waals surface area contributed by atoms with Crippen LogP contribution in [0.5, 0.6) is 11.5 Å². The van der Waals surface area contributed by atoms with Gasteiger partial charge in [-0.3, -0.25) is 0 Å². The highest BCUT2D eigenvalue weighted by Gasteiger charge is 2.51. The molecule has 0 aliphatic carbocycles. The summed E-state index contributed by atoms with van der Waals surface area (Å²) in [6.07, 6.45) is -0.0544. The second-order valence-corrected chi connectivity index (χ2v) is 7.38. The summed E-state index contributed by atoms with van der Waals surface area (Å²) in [4.78, 5) is 0. The second-order valence-electron chi connectivity index (χ2n) is 7.38. The van der Waals surface area contributed by atoms with Crippen LogP contribution in [0.25, 0.3) is 0 Å². The predicted molar refractivity (Wildman–Crippen MR) is 94.8 cm³/mol. The number of hydrogen-bond donors (Lipinski definition) is 0. The first-order valence-corrected chi connectivity index (χ1v) is 8.68. The van der Waals surface area contributed by atoms with Crippen molar-refractivity contribution in [1.82, 2.24) is 0 Å².